The van der Waals surface area contributed by atoms with Gasteiger partial charge in [-0.25, -0.2) is 0 Å². The lowest BCUT2D eigenvalue weighted by Crippen LogP contribution is -2.40. The van der Waals surface area contributed by atoms with Gasteiger partial charge in [0.2, 0.25) is 0 Å². The number of nitrogens with one attached hydrogen (secondary N) is 1. The van der Waals surface area contributed by atoms with Gasteiger partial charge >= 0.3 is 0 Å². The summed E-state index contributed by atoms with van der Waals surface area (Å²) >= 11 is 0. The molecule has 0 rings (SSSR count). The smallest absolute Gasteiger partial charge is 0.0704 e. The van der Waals surface area contributed by atoms with E-state index in [-0.39, 0.29) is 6.10 Å². The van der Waals surface area contributed by atoms with Crippen LogP contribution >= 0.6 is 0 Å². The van der Waals surface area contributed by atoms with Crippen molar-refractivity contribution in [2.45, 2.75) is 45.8 Å². The number of ether oxygens (including phenoxy) is 4. The minimum atomic E-state index is 0.216. The summed E-state index contributed by atoms with van der Waals surface area (Å²) in [5.41, 5.74) is 0. The first-order valence-corrected chi connectivity index (χ1v) is 7.75. The van der Waals surface area contributed by atoms with Crippen molar-refractivity contribution in [1.29, 1.82) is 0 Å². The molecule has 0 bridgehead atoms. The van der Waals surface area contributed by atoms with Gasteiger partial charge in [-0.1, -0.05) is 13.8 Å². The van der Waals surface area contributed by atoms with Crippen LogP contribution in [0.3, 0.4) is 0 Å². The second-order valence-electron chi connectivity index (χ2n) is 4.76. The van der Waals surface area contributed by atoms with Gasteiger partial charge in [-0.05, 0) is 26.3 Å². The van der Waals surface area contributed by atoms with E-state index in [1.807, 2.05) is 0 Å². The number of hydrogen-bond donors (Lipinski definition) is 1. The molecule has 0 aromatic heterocycles. The molecule has 122 valence electrons. The molecule has 2 atom stereocenters. The summed E-state index contributed by atoms with van der Waals surface area (Å²) in [5.74, 6) is 0. The summed E-state index contributed by atoms with van der Waals surface area (Å²) in [5, 5.41) is 3.50. The van der Waals surface area contributed by atoms with Crippen LogP contribution in [0.5, 0.6) is 0 Å². The fourth-order valence-corrected chi connectivity index (χ4v) is 1.85. The molecule has 0 amide bonds. The van der Waals surface area contributed by atoms with Gasteiger partial charge in [-0.2, -0.15) is 0 Å². The molecular formula is C15H33NO4. The van der Waals surface area contributed by atoms with Gasteiger partial charge in [0.05, 0.1) is 45.7 Å². The van der Waals surface area contributed by atoms with Gasteiger partial charge in [0.1, 0.15) is 0 Å². The van der Waals surface area contributed by atoms with Crippen molar-refractivity contribution in [3.05, 3.63) is 0 Å². The van der Waals surface area contributed by atoms with E-state index in [9.17, 15) is 0 Å². The third-order valence-electron chi connectivity index (χ3n) is 3.08. The van der Waals surface area contributed by atoms with Crippen molar-refractivity contribution in [2.75, 3.05) is 53.3 Å². The monoisotopic (exact) mass is 291 g/mol. The molecule has 20 heavy (non-hydrogen) atoms. The summed E-state index contributed by atoms with van der Waals surface area (Å²) in [6, 6.07) is 0.423. The SMILES string of the molecule is CCCNC(CC)C(C)OCCOCCOCCOC. The van der Waals surface area contributed by atoms with Crippen LogP contribution in [-0.2, 0) is 18.9 Å². The van der Waals surface area contributed by atoms with Crippen LogP contribution in [0.25, 0.3) is 0 Å². The van der Waals surface area contributed by atoms with Gasteiger partial charge in [-0.3, -0.25) is 0 Å². The average Bonchev–Trinajstić information content (AvgIpc) is 2.46. The summed E-state index contributed by atoms with van der Waals surface area (Å²) in [6.45, 7) is 11.2. The van der Waals surface area contributed by atoms with Crippen LogP contribution in [0.15, 0.2) is 0 Å². The minimum absolute atomic E-state index is 0.216. The van der Waals surface area contributed by atoms with Crippen LogP contribution in [0.1, 0.15) is 33.6 Å². The first-order valence-electron chi connectivity index (χ1n) is 7.75. The number of rotatable bonds is 15. The Kier molecular flexibility index (Phi) is 15.0. The number of methoxy groups -OCH3 is 1. The fourth-order valence-electron chi connectivity index (χ4n) is 1.85. The molecule has 0 fully saturated rings. The topological polar surface area (TPSA) is 49.0 Å². The summed E-state index contributed by atoms with van der Waals surface area (Å²) in [7, 11) is 1.66. The Balaban J connectivity index is 3.39. The molecule has 2 unspecified atom stereocenters. The molecule has 0 saturated carbocycles. The molecule has 0 aromatic rings. The van der Waals surface area contributed by atoms with Gasteiger partial charge in [0.15, 0.2) is 0 Å². The van der Waals surface area contributed by atoms with E-state index >= 15 is 0 Å². The molecule has 0 heterocycles. The van der Waals surface area contributed by atoms with Crippen molar-refractivity contribution in [2.24, 2.45) is 0 Å². The normalized spacial score (nSPS) is 14.4. The lowest BCUT2D eigenvalue weighted by atomic mass is 10.1. The molecule has 0 saturated heterocycles. The molecule has 0 aliphatic rings. The Morgan fingerprint density at radius 1 is 0.900 bits per heavy atom. The molecule has 0 radical (unpaired) electrons. The van der Waals surface area contributed by atoms with Crippen LogP contribution in [-0.4, -0.2) is 65.4 Å². The predicted molar refractivity (Wildman–Crippen MR) is 81.3 cm³/mol. The second-order valence-corrected chi connectivity index (χ2v) is 4.76. The highest BCUT2D eigenvalue weighted by Crippen LogP contribution is 2.03. The Hall–Kier alpha value is -0.200. The summed E-state index contributed by atoms with van der Waals surface area (Å²) in [6.07, 6.45) is 2.44. The Labute approximate surface area is 124 Å². The minimum Gasteiger partial charge on any atom is -0.382 e. The van der Waals surface area contributed by atoms with Gasteiger partial charge in [0.25, 0.3) is 0 Å². The zero-order valence-electron chi connectivity index (χ0n) is 13.7. The molecule has 5 heteroatoms. The zero-order valence-corrected chi connectivity index (χ0v) is 13.7. The third-order valence-corrected chi connectivity index (χ3v) is 3.08. The van der Waals surface area contributed by atoms with E-state index in [0.29, 0.717) is 45.7 Å². The van der Waals surface area contributed by atoms with E-state index in [2.05, 4.69) is 26.1 Å². The quantitative estimate of drug-likeness (QED) is 0.467. The van der Waals surface area contributed by atoms with Gasteiger partial charge in [-0.15, -0.1) is 0 Å². The third kappa shape index (κ3) is 11.6. The van der Waals surface area contributed by atoms with Crippen LogP contribution in [0.4, 0.5) is 0 Å². The lowest BCUT2D eigenvalue weighted by Gasteiger charge is -2.24. The maximum Gasteiger partial charge on any atom is 0.0704 e. The molecule has 0 aromatic carbocycles. The van der Waals surface area contributed by atoms with Crippen molar-refractivity contribution in [1.82, 2.24) is 5.32 Å². The highest BCUT2D eigenvalue weighted by atomic mass is 16.6. The molecule has 1 N–H and O–H groups in total. The van der Waals surface area contributed by atoms with Crippen molar-refractivity contribution in [3.8, 4) is 0 Å². The zero-order chi connectivity index (χ0) is 15.1. The van der Waals surface area contributed by atoms with Crippen molar-refractivity contribution in [3.63, 3.8) is 0 Å². The number of hydrogen-bond acceptors (Lipinski definition) is 5. The first kappa shape index (κ1) is 19.8. The highest BCUT2D eigenvalue weighted by Gasteiger charge is 2.14. The van der Waals surface area contributed by atoms with Gasteiger partial charge in [0, 0.05) is 13.2 Å². The molecular weight excluding hydrogens is 258 g/mol. The van der Waals surface area contributed by atoms with Crippen LogP contribution < -0.4 is 5.32 Å². The maximum absolute atomic E-state index is 5.79. The Morgan fingerprint density at radius 2 is 1.50 bits per heavy atom. The summed E-state index contributed by atoms with van der Waals surface area (Å²) < 4.78 is 21.4. The van der Waals surface area contributed by atoms with Crippen LogP contribution in [0, 0.1) is 0 Å². The predicted octanol–water partition coefficient (Wildman–Crippen LogP) is 1.85. The van der Waals surface area contributed by atoms with E-state index in [1.54, 1.807) is 7.11 Å². The van der Waals surface area contributed by atoms with E-state index < -0.39 is 0 Å². The lowest BCUT2D eigenvalue weighted by molar-refractivity contribution is -0.0210. The van der Waals surface area contributed by atoms with E-state index in [4.69, 9.17) is 18.9 Å². The maximum atomic E-state index is 5.79. The summed E-state index contributed by atoms with van der Waals surface area (Å²) in [4.78, 5) is 0. The largest absolute Gasteiger partial charge is 0.382 e. The first-order chi connectivity index (χ1) is 9.76. The van der Waals surface area contributed by atoms with Crippen LogP contribution in [0.2, 0.25) is 0 Å². The molecule has 0 spiro atoms. The highest BCUT2D eigenvalue weighted by molar-refractivity contribution is 4.71. The van der Waals surface area contributed by atoms with E-state index in [1.165, 1.54) is 0 Å². The molecule has 0 aliphatic heterocycles. The fraction of sp³-hybridized carbons (Fsp3) is 1.00. The Bertz CT molecular complexity index is 193. The standard InChI is InChI=1S/C15H33NO4/c1-5-7-16-15(6-2)14(3)20-13-12-19-11-10-18-9-8-17-4/h14-16H,5-13H2,1-4H3. The molecule has 5 nitrogen and oxygen atoms in total. The van der Waals surface area contributed by atoms with Crippen molar-refractivity contribution >= 4 is 0 Å². The van der Waals surface area contributed by atoms with E-state index in [0.717, 1.165) is 19.4 Å². The van der Waals surface area contributed by atoms with Gasteiger partial charge < -0.3 is 24.3 Å². The average molecular weight is 291 g/mol. The molecule has 0 aliphatic carbocycles. The Morgan fingerprint density at radius 3 is 2.05 bits per heavy atom. The second kappa shape index (κ2) is 15.2. The van der Waals surface area contributed by atoms with Crippen molar-refractivity contribution < 1.29 is 18.9 Å².